The van der Waals surface area contributed by atoms with E-state index in [4.69, 9.17) is 0 Å². The maximum absolute atomic E-state index is 13.3. The lowest BCUT2D eigenvalue weighted by molar-refractivity contribution is -0.0220. The number of alkyl halides is 2. The van der Waals surface area contributed by atoms with E-state index in [2.05, 4.69) is 19.7 Å². The predicted molar refractivity (Wildman–Crippen MR) is 75.1 cm³/mol. The fourth-order valence-corrected chi connectivity index (χ4v) is 2.43. The topological polar surface area (TPSA) is 68.2 Å². The van der Waals surface area contributed by atoms with Gasteiger partial charge in [-0.1, -0.05) is 0 Å². The van der Waals surface area contributed by atoms with Crippen LogP contribution in [-0.2, 0) is 4.74 Å². The summed E-state index contributed by atoms with van der Waals surface area (Å²) in [6, 6.07) is 0. The van der Waals surface area contributed by atoms with Gasteiger partial charge in [-0.15, -0.1) is 0 Å². The molecule has 2 aromatic heterocycles. The number of fused-ring (bicyclic) bond motifs is 1. The van der Waals surface area contributed by atoms with Crippen molar-refractivity contribution >= 4 is 22.7 Å². The summed E-state index contributed by atoms with van der Waals surface area (Å²) < 4.78 is 31.2. The zero-order valence-corrected chi connectivity index (χ0v) is 11.9. The van der Waals surface area contributed by atoms with Crippen LogP contribution >= 0.6 is 0 Å². The van der Waals surface area contributed by atoms with Gasteiger partial charge < -0.3 is 9.64 Å². The molecule has 0 N–H and O–H groups in total. The Hall–Kier alpha value is -2.38. The molecule has 3 heterocycles. The number of halogens is 2. The van der Waals surface area contributed by atoms with Crippen molar-refractivity contribution in [2.24, 2.45) is 0 Å². The van der Waals surface area contributed by atoms with Gasteiger partial charge >= 0.3 is 5.97 Å². The number of ether oxygens (including phenoxy) is 1. The first-order valence-electron chi connectivity index (χ1n) is 6.82. The van der Waals surface area contributed by atoms with E-state index in [1.54, 1.807) is 11.1 Å². The Morgan fingerprint density at radius 3 is 2.68 bits per heavy atom. The van der Waals surface area contributed by atoms with Gasteiger partial charge in [-0.2, -0.15) is 0 Å². The molecule has 0 aliphatic carbocycles. The Morgan fingerprint density at radius 2 is 2.00 bits per heavy atom. The van der Waals surface area contributed by atoms with E-state index in [1.165, 1.54) is 19.5 Å². The highest BCUT2D eigenvalue weighted by atomic mass is 19.3. The van der Waals surface area contributed by atoms with Gasteiger partial charge in [0.05, 0.1) is 31.4 Å². The Balaban J connectivity index is 2.00. The molecule has 0 unspecified atom stereocenters. The van der Waals surface area contributed by atoms with Crippen LogP contribution in [0.15, 0.2) is 18.6 Å². The van der Waals surface area contributed by atoms with Crippen LogP contribution in [0.5, 0.6) is 0 Å². The zero-order valence-electron chi connectivity index (χ0n) is 11.9. The number of methoxy groups -OCH3 is 1. The lowest BCUT2D eigenvalue weighted by atomic mass is 10.1. The number of nitrogens with zero attached hydrogens (tertiary/aromatic N) is 4. The van der Waals surface area contributed by atoms with Crippen LogP contribution in [0.4, 0.5) is 14.5 Å². The summed E-state index contributed by atoms with van der Waals surface area (Å²) in [5.74, 6) is -3.22. The van der Waals surface area contributed by atoms with Gasteiger partial charge in [0, 0.05) is 25.9 Å². The van der Waals surface area contributed by atoms with Gasteiger partial charge in [0.25, 0.3) is 5.92 Å². The first-order valence-corrected chi connectivity index (χ1v) is 6.82. The third kappa shape index (κ3) is 2.68. The van der Waals surface area contributed by atoms with E-state index in [-0.39, 0.29) is 31.6 Å². The first-order chi connectivity index (χ1) is 10.5. The van der Waals surface area contributed by atoms with Crippen molar-refractivity contribution in [3.8, 4) is 0 Å². The third-order valence-electron chi connectivity index (χ3n) is 3.67. The number of carbonyl (C=O) groups excluding carboxylic acids is 1. The van der Waals surface area contributed by atoms with Gasteiger partial charge in [-0.05, 0) is 0 Å². The Bertz CT molecular complexity index is 713. The van der Waals surface area contributed by atoms with E-state index >= 15 is 0 Å². The minimum atomic E-state index is -2.63. The van der Waals surface area contributed by atoms with E-state index in [9.17, 15) is 13.6 Å². The molecule has 0 radical (unpaired) electrons. The standard InChI is InChI=1S/C14H14F2N4O2/c1-22-13(21)10-7-18-9-6-17-8-11(12(9)19-10)20-4-2-14(15,16)3-5-20/h6-8H,2-5H2,1H3. The molecule has 2 aromatic rings. The molecule has 1 fully saturated rings. The van der Waals surface area contributed by atoms with Crippen molar-refractivity contribution in [1.82, 2.24) is 15.0 Å². The van der Waals surface area contributed by atoms with Crippen molar-refractivity contribution in [3.63, 3.8) is 0 Å². The van der Waals surface area contributed by atoms with E-state index < -0.39 is 11.9 Å². The summed E-state index contributed by atoms with van der Waals surface area (Å²) in [5, 5.41) is 0. The average molecular weight is 308 g/mol. The number of anilines is 1. The molecular formula is C14H14F2N4O2. The van der Waals surface area contributed by atoms with Crippen molar-refractivity contribution in [2.45, 2.75) is 18.8 Å². The monoisotopic (exact) mass is 308 g/mol. The molecule has 0 saturated carbocycles. The van der Waals surface area contributed by atoms with Crippen LogP contribution in [0.1, 0.15) is 23.3 Å². The van der Waals surface area contributed by atoms with Crippen molar-refractivity contribution in [1.29, 1.82) is 0 Å². The summed E-state index contributed by atoms with van der Waals surface area (Å²) in [6.45, 7) is 0.413. The van der Waals surface area contributed by atoms with Gasteiger partial charge in [-0.3, -0.25) is 9.97 Å². The second-order valence-electron chi connectivity index (χ2n) is 5.12. The third-order valence-corrected chi connectivity index (χ3v) is 3.67. The summed E-state index contributed by atoms with van der Waals surface area (Å²) in [6.07, 6.45) is 3.96. The molecule has 116 valence electrons. The summed E-state index contributed by atoms with van der Waals surface area (Å²) in [4.78, 5) is 25.8. The zero-order chi connectivity index (χ0) is 15.7. The normalized spacial score (nSPS) is 17.5. The number of esters is 1. The number of aromatic nitrogens is 3. The molecule has 0 aromatic carbocycles. The Labute approximate surface area is 125 Å². The number of carbonyl (C=O) groups is 1. The summed E-state index contributed by atoms with van der Waals surface area (Å²) >= 11 is 0. The fourth-order valence-electron chi connectivity index (χ4n) is 2.43. The van der Waals surface area contributed by atoms with Crippen molar-refractivity contribution in [2.75, 3.05) is 25.1 Å². The molecular weight excluding hydrogens is 294 g/mol. The molecule has 0 spiro atoms. The Morgan fingerprint density at radius 1 is 1.27 bits per heavy atom. The molecule has 6 nitrogen and oxygen atoms in total. The van der Waals surface area contributed by atoms with Gasteiger partial charge in [0.1, 0.15) is 11.0 Å². The van der Waals surface area contributed by atoms with Crippen LogP contribution in [0.3, 0.4) is 0 Å². The maximum Gasteiger partial charge on any atom is 0.358 e. The van der Waals surface area contributed by atoms with Crippen LogP contribution in [0.25, 0.3) is 11.0 Å². The van der Waals surface area contributed by atoms with Crippen LogP contribution in [0, 0.1) is 0 Å². The fraction of sp³-hybridized carbons (Fsp3) is 0.429. The predicted octanol–water partition coefficient (Wildman–Crippen LogP) is 2.05. The van der Waals surface area contributed by atoms with E-state index in [0.717, 1.165) is 0 Å². The van der Waals surface area contributed by atoms with Crippen molar-refractivity contribution in [3.05, 3.63) is 24.3 Å². The highest BCUT2D eigenvalue weighted by molar-refractivity contribution is 5.92. The lowest BCUT2D eigenvalue weighted by Crippen LogP contribution is -2.39. The highest BCUT2D eigenvalue weighted by Crippen LogP contribution is 2.32. The minimum absolute atomic E-state index is 0.0739. The lowest BCUT2D eigenvalue weighted by Gasteiger charge is -2.33. The van der Waals surface area contributed by atoms with Gasteiger partial charge in [0.2, 0.25) is 0 Å². The molecule has 3 rings (SSSR count). The maximum atomic E-state index is 13.3. The molecule has 1 aliphatic heterocycles. The number of piperidine rings is 1. The smallest absolute Gasteiger partial charge is 0.358 e. The average Bonchev–Trinajstić information content (AvgIpc) is 2.53. The van der Waals surface area contributed by atoms with Gasteiger partial charge in [0.15, 0.2) is 5.69 Å². The molecule has 0 atom stereocenters. The largest absolute Gasteiger partial charge is 0.464 e. The van der Waals surface area contributed by atoms with E-state index in [0.29, 0.717) is 16.7 Å². The second-order valence-corrected chi connectivity index (χ2v) is 5.12. The van der Waals surface area contributed by atoms with Crippen LogP contribution in [0.2, 0.25) is 0 Å². The first kappa shape index (κ1) is 14.6. The summed E-state index contributed by atoms with van der Waals surface area (Å²) in [5.41, 5.74) is 1.64. The minimum Gasteiger partial charge on any atom is -0.464 e. The van der Waals surface area contributed by atoms with Crippen LogP contribution in [-0.4, -0.2) is 47.0 Å². The molecule has 1 aliphatic rings. The molecule has 0 bridgehead atoms. The number of hydrogen-bond acceptors (Lipinski definition) is 6. The SMILES string of the molecule is COC(=O)c1cnc2cncc(N3CCC(F)(F)CC3)c2n1. The van der Waals surface area contributed by atoms with Gasteiger partial charge in [-0.25, -0.2) is 18.6 Å². The quantitative estimate of drug-likeness (QED) is 0.791. The number of rotatable bonds is 2. The Kier molecular flexibility index (Phi) is 3.59. The molecule has 0 amide bonds. The molecule has 1 saturated heterocycles. The number of pyridine rings is 1. The van der Waals surface area contributed by atoms with E-state index in [1.807, 2.05) is 0 Å². The van der Waals surface area contributed by atoms with Crippen molar-refractivity contribution < 1.29 is 18.3 Å². The second kappa shape index (κ2) is 5.43. The van der Waals surface area contributed by atoms with Crippen LogP contribution < -0.4 is 4.90 Å². The number of hydrogen-bond donors (Lipinski definition) is 0. The summed E-state index contributed by atoms with van der Waals surface area (Å²) in [7, 11) is 1.26. The molecule has 8 heteroatoms. The molecule has 22 heavy (non-hydrogen) atoms. The highest BCUT2D eigenvalue weighted by Gasteiger charge is 2.34.